The summed E-state index contributed by atoms with van der Waals surface area (Å²) in [5, 5.41) is 4.00. The fourth-order valence-electron chi connectivity index (χ4n) is 4.03. The van der Waals surface area contributed by atoms with Crippen LogP contribution in [0.4, 0.5) is 0 Å². The maximum atomic E-state index is 13.2. The number of hydrogen-bond acceptors (Lipinski definition) is 5. The van der Waals surface area contributed by atoms with Crippen LogP contribution in [0.25, 0.3) is 0 Å². The highest BCUT2D eigenvalue weighted by Crippen LogP contribution is 2.40. The number of benzene rings is 1. The zero-order valence-corrected chi connectivity index (χ0v) is 15.5. The highest BCUT2D eigenvalue weighted by atomic mass is 32.2. The number of hydrogen-bond donors (Lipinski definition) is 0. The van der Waals surface area contributed by atoms with Crippen LogP contribution in [0.15, 0.2) is 41.2 Å². The molecule has 3 heterocycles. The van der Waals surface area contributed by atoms with E-state index in [1.807, 2.05) is 30.3 Å². The molecule has 4 rings (SSSR count). The standard InChI is InChI=1S/C18H24N4O3S/c23-26(24,21-10-6-1-2-7-11-21)22-12-16(15-8-4-3-5-9-15)17(13-22)18-19-14-25-20-18/h3-5,8-9,14,16-17H,1-2,6-7,10-13H2/t16-,17-/m1/s1. The molecule has 1 aromatic heterocycles. The van der Waals surface area contributed by atoms with Crippen LogP contribution in [0.1, 0.15) is 48.9 Å². The van der Waals surface area contributed by atoms with Crippen molar-refractivity contribution in [2.24, 2.45) is 0 Å². The molecule has 7 nitrogen and oxygen atoms in total. The second-order valence-corrected chi connectivity index (χ2v) is 8.98. The summed E-state index contributed by atoms with van der Waals surface area (Å²) in [6.45, 7) is 2.06. The molecule has 140 valence electrons. The van der Waals surface area contributed by atoms with Gasteiger partial charge in [0, 0.05) is 38.0 Å². The fourth-order valence-corrected chi connectivity index (χ4v) is 5.78. The van der Waals surface area contributed by atoms with Crippen molar-refractivity contribution in [1.29, 1.82) is 0 Å². The maximum absolute atomic E-state index is 13.2. The van der Waals surface area contributed by atoms with E-state index in [2.05, 4.69) is 10.1 Å². The van der Waals surface area contributed by atoms with Gasteiger partial charge in [-0.1, -0.05) is 48.3 Å². The molecule has 0 N–H and O–H groups in total. The minimum absolute atomic E-state index is 0.0237. The monoisotopic (exact) mass is 376 g/mol. The molecule has 0 aliphatic carbocycles. The van der Waals surface area contributed by atoms with Crippen LogP contribution >= 0.6 is 0 Å². The molecule has 2 aliphatic heterocycles. The lowest BCUT2D eigenvalue weighted by Crippen LogP contribution is -2.43. The van der Waals surface area contributed by atoms with Gasteiger partial charge in [0.15, 0.2) is 5.82 Å². The molecular formula is C18H24N4O3S. The Labute approximate surface area is 154 Å². The second kappa shape index (κ2) is 7.46. The lowest BCUT2D eigenvalue weighted by molar-refractivity contribution is 0.363. The Kier molecular flexibility index (Phi) is 5.06. The summed E-state index contributed by atoms with van der Waals surface area (Å²) >= 11 is 0. The summed E-state index contributed by atoms with van der Waals surface area (Å²) < 4.78 is 34.6. The third kappa shape index (κ3) is 3.41. The van der Waals surface area contributed by atoms with Crippen LogP contribution in [0.3, 0.4) is 0 Å². The Morgan fingerprint density at radius 1 is 0.923 bits per heavy atom. The predicted molar refractivity (Wildman–Crippen MR) is 96.8 cm³/mol. The van der Waals surface area contributed by atoms with Crippen molar-refractivity contribution >= 4 is 10.2 Å². The first-order valence-electron chi connectivity index (χ1n) is 9.22. The summed E-state index contributed by atoms with van der Waals surface area (Å²) in [5.74, 6) is 0.501. The SMILES string of the molecule is O=S(=O)(N1CCCCCC1)N1C[C@H](c2ccccc2)[C@H](c2ncon2)C1. The van der Waals surface area contributed by atoms with E-state index in [1.165, 1.54) is 6.39 Å². The Hall–Kier alpha value is -1.77. The van der Waals surface area contributed by atoms with Gasteiger partial charge in [-0.25, -0.2) is 0 Å². The molecule has 2 aromatic rings. The van der Waals surface area contributed by atoms with Crippen molar-refractivity contribution < 1.29 is 12.9 Å². The van der Waals surface area contributed by atoms with Crippen molar-refractivity contribution in [3.05, 3.63) is 48.1 Å². The summed E-state index contributed by atoms with van der Waals surface area (Å²) in [6.07, 6.45) is 5.38. The van der Waals surface area contributed by atoms with Gasteiger partial charge >= 0.3 is 0 Å². The predicted octanol–water partition coefficient (Wildman–Crippen LogP) is 2.37. The van der Waals surface area contributed by atoms with Gasteiger partial charge in [0.2, 0.25) is 6.39 Å². The first kappa shape index (κ1) is 17.6. The van der Waals surface area contributed by atoms with Crippen LogP contribution in [0, 0.1) is 0 Å². The summed E-state index contributed by atoms with van der Waals surface area (Å²) in [6, 6.07) is 10.0. The largest absolute Gasteiger partial charge is 0.343 e. The summed E-state index contributed by atoms with van der Waals surface area (Å²) in [5.41, 5.74) is 1.11. The van der Waals surface area contributed by atoms with E-state index >= 15 is 0 Å². The summed E-state index contributed by atoms with van der Waals surface area (Å²) in [4.78, 5) is 4.21. The Morgan fingerprint density at radius 3 is 2.27 bits per heavy atom. The molecule has 2 fully saturated rings. The third-order valence-corrected chi connectivity index (χ3v) is 7.41. The number of nitrogens with zero attached hydrogens (tertiary/aromatic N) is 4. The van der Waals surface area contributed by atoms with Crippen molar-refractivity contribution in [2.75, 3.05) is 26.2 Å². The van der Waals surface area contributed by atoms with Gasteiger partial charge in [-0.2, -0.15) is 22.0 Å². The molecule has 2 aliphatic rings. The zero-order valence-electron chi connectivity index (χ0n) is 14.7. The maximum Gasteiger partial charge on any atom is 0.282 e. The van der Waals surface area contributed by atoms with Crippen molar-refractivity contribution in [3.63, 3.8) is 0 Å². The second-order valence-electron chi connectivity index (χ2n) is 7.05. The molecule has 0 unspecified atom stereocenters. The van der Waals surface area contributed by atoms with Crippen LogP contribution in [0.5, 0.6) is 0 Å². The molecule has 2 atom stereocenters. The van der Waals surface area contributed by atoms with Gasteiger partial charge in [-0.3, -0.25) is 0 Å². The Balaban J connectivity index is 1.62. The number of rotatable bonds is 4. The lowest BCUT2D eigenvalue weighted by atomic mass is 9.88. The lowest BCUT2D eigenvalue weighted by Gasteiger charge is -2.26. The minimum atomic E-state index is -3.47. The van der Waals surface area contributed by atoms with E-state index in [4.69, 9.17) is 4.52 Å². The Bertz CT molecular complexity index is 802. The van der Waals surface area contributed by atoms with Crippen molar-refractivity contribution in [3.8, 4) is 0 Å². The Morgan fingerprint density at radius 2 is 1.62 bits per heavy atom. The van der Waals surface area contributed by atoms with E-state index in [0.717, 1.165) is 31.2 Å². The first-order chi connectivity index (χ1) is 12.7. The van der Waals surface area contributed by atoms with Crippen LogP contribution in [0.2, 0.25) is 0 Å². The quantitative estimate of drug-likeness (QED) is 0.818. The molecular weight excluding hydrogens is 352 g/mol. The van der Waals surface area contributed by atoms with E-state index in [1.54, 1.807) is 8.61 Å². The minimum Gasteiger partial charge on any atom is -0.343 e. The van der Waals surface area contributed by atoms with Crippen LogP contribution in [-0.4, -0.2) is 53.3 Å². The van der Waals surface area contributed by atoms with Gasteiger partial charge in [-0.05, 0) is 18.4 Å². The van der Waals surface area contributed by atoms with E-state index in [-0.39, 0.29) is 11.8 Å². The zero-order chi connectivity index (χ0) is 18.0. The van der Waals surface area contributed by atoms with Gasteiger partial charge in [0.25, 0.3) is 10.2 Å². The summed E-state index contributed by atoms with van der Waals surface area (Å²) in [7, 11) is -3.47. The van der Waals surface area contributed by atoms with E-state index < -0.39 is 10.2 Å². The van der Waals surface area contributed by atoms with Gasteiger partial charge in [-0.15, -0.1) is 0 Å². The highest BCUT2D eigenvalue weighted by Gasteiger charge is 2.44. The van der Waals surface area contributed by atoms with Crippen LogP contribution < -0.4 is 0 Å². The molecule has 0 saturated carbocycles. The normalized spacial score (nSPS) is 26.0. The molecule has 0 spiro atoms. The molecule has 0 amide bonds. The average molecular weight is 376 g/mol. The smallest absolute Gasteiger partial charge is 0.282 e. The van der Waals surface area contributed by atoms with Crippen LogP contribution in [-0.2, 0) is 10.2 Å². The molecule has 0 bridgehead atoms. The van der Waals surface area contributed by atoms with Gasteiger partial charge in [0.05, 0.1) is 0 Å². The molecule has 8 heteroatoms. The van der Waals surface area contributed by atoms with E-state index in [0.29, 0.717) is 32.0 Å². The third-order valence-electron chi connectivity index (χ3n) is 5.44. The average Bonchev–Trinajstić information content (AvgIpc) is 3.26. The van der Waals surface area contributed by atoms with Gasteiger partial charge in [0.1, 0.15) is 0 Å². The molecule has 2 saturated heterocycles. The first-order valence-corrected chi connectivity index (χ1v) is 10.6. The van der Waals surface area contributed by atoms with Crippen molar-refractivity contribution in [1.82, 2.24) is 18.8 Å². The van der Waals surface area contributed by atoms with E-state index in [9.17, 15) is 8.42 Å². The van der Waals surface area contributed by atoms with Gasteiger partial charge < -0.3 is 4.52 Å². The van der Waals surface area contributed by atoms with Crippen molar-refractivity contribution in [2.45, 2.75) is 37.5 Å². The topological polar surface area (TPSA) is 79.5 Å². The molecule has 1 aromatic carbocycles. The fraction of sp³-hybridized carbons (Fsp3) is 0.556. The number of aromatic nitrogens is 2. The molecule has 0 radical (unpaired) electrons. The molecule has 26 heavy (non-hydrogen) atoms. The highest BCUT2D eigenvalue weighted by molar-refractivity contribution is 7.86.